The highest BCUT2D eigenvalue weighted by Crippen LogP contribution is 2.23. The minimum atomic E-state index is -0.407. The Labute approximate surface area is 121 Å². The molecule has 1 aromatic rings. The molecular formula is C15H28N4O. The van der Waals surface area contributed by atoms with Crippen LogP contribution < -0.4 is 5.73 Å². The fourth-order valence-electron chi connectivity index (χ4n) is 3.22. The number of nitrogens with two attached hydrogens (primary N) is 1. The van der Waals surface area contributed by atoms with Gasteiger partial charge >= 0.3 is 0 Å². The first-order chi connectivity index (χ1) is 9.40. The quantitative estimate of drug-likeness (QED) is 0.881. The Morgan fingerprint density at radius 2 is 1.85 bits per heavy atom. The van der Waals surface area contributed by atoms with Crippen LogP contribution in [0.5, 0.6) is 0 Å². The van der Waals surface area contributed by atoms with Crippen molar-refractivity contribution in [2.24, 2.45) is 0 Å². The number of aliphatic hydroxyl groups excluding tert-OH is 1. The van der Waals surface area contributed by atoms with E-state index in [1.165, 1.54) is 19.3 Å². The summed E-state index contributed by atoms with van der Waals surface area (Å²) < 4.78 is 1.83. The van der Waals surface area contributed by atoms with Crippen LogP contribution >= 0.6 is 0 Å². The minimum Gasteiger partial charge on any atom is -0.396 e. The average Bonchev–Trinajstić information content (AvgIpc) is 2.62. The number of β-amino-alcohol motifs (C(OH)–C–C–N with tert-alkyl or cyclic N) is 1. The van der Waals surface area contributed by atoms with Crippen molar-refractivity contribution in [3.63, 3.8) is 0 Å². The van der Waals surface area contributed by atoms with Crippen LogP contribution in [-0.4, -0.2) is 44.5 Å². The molecule has 1 aliphatic heterocycles. The van der Waals surface area contributed by atoms with E-state index >= 15 is 0 Å². The highest BCUT2D eigenvalue weighted by atomic mass is 16.3. The zero-order valence-electron chi connectivity index (χ0n) is 13.1. The Hall–Kier alpha value is -1.07. The summed E-state index contributed by atoms with van der Waals surface area (Å²) in [6, 6.07) is 1.11. The van der Waals surface area contributed by atoms with Crippen LogP contribution in [-0.2, 0) is 6.54 Å². The largest absolute Gasteiger partial charge is 0.396 e. The molecule has 5 heteroatoms. The fraction of sp³-hybridized carbons (Fsp3) is 0.800. The van der Waals surface area contributed by atoms with E-state index in [1.54, 1.807) is 0 Å². The van der Waals surface area contributed by atoms with Crippen LogP contribution in [0.2, 0.25) is 0 Å². The Bertz CT molecular complexity index is 447. The van der Waals surface area contributed by atoms with E-state index in [0.717, 1.165) is 17.1 Å². The maximum atomic E-state index is 10.4. The summed E-state index contributed by atoms with van der Waals surface area (Å²) in [5, 5.41) is 14.8. The molecule has 1 saturated heterocycles. The third-order valence-electron chi connectivity index (χ3n) is 4.62. The van der Waals surface area contributed by atoms with E-state index in [9.17, 15) is 5.11 Å². The molecule has 2 rings (SSSR count). The number of anilines is 1. The first-order valence-corrected chi connectivity index (χ1v) is 7.63. The molecule has 0 saturated carbocycles. The second kappa shape index (κ2) is 6.14. The Morgan fingerprint density at radius 1 is 1.25 bits per heavy atom. The minimum absolute atomic E-state index is 0.407. The van der Waals surface area contributed by atoms with Crippen LogP contribution in [0.1, 0.15) is 44.5 Å². The first kappa shape index (κ1) is 15.3. The number of aryl methyl sites for hydroxylation is 1. The van der Waals surface area contributed by atoms with E-state index < -0.39 is 6.10 Å². The molecule has 0 radical (unpaired) electrons. The van der Waals surface area contributed by atoms with Gasteiger partial charge in [-0.2, -0.15) is 5.10 Å². The van der Waals surface area contributed by atoms with Gasteiger partial charge in [-0.3, -0.25) is 9.58 Å². The highest BCUT2D eigenvalue weighted by Gasteiger charge is 2.26. The molecule has 0 aliphatic carbocycles. The smallest absolute Gasteiger partial charge is 0.0863 e. The summed E-state index contributed by atoms with van der Waals surface area (Å²) in [4.78, 5) is 2.42. The molecule has 5 nitrogen and oxygen atoms in total. The molecule has 2 heterocycles. The van der Waals surface area contributed by atoms with Crippen LogP contribution in [0.25, 0.3) is 0 Å². The van der Waals surface area contributed by atoms with Gasteiger partial charge < -0.3 is 10.8 Å². The van der Waals surface area contributed by atoms with Crippen molar-refractivity contribution in [1.29, 1.82) is 0 Å². The molecule has 3 N–H and O–H groups in total. The van der Waals surface area contributed by atoms with Crippen LogP contribution in [0.3, 0.4) is 0 Å². The lowest BCUT2D eigenvalue weighted by atomic mass is 9.97. The third kappa shape index (κ3) is 3.15. The zero-order chi connectivity index (χ0) is 14.9. The van der Waals surface area contributed by atoms with Crippen molar-refractivity contribution in [2.75, 3.05) is 12.3 Å². The van der Waals surface area contributed by atoms with E-state index in [0.29, 0.717) is 25.2 Å². The lowest BCUT2D eigenvalue weighted by Gasteiger charge is -2.40. The molecule has 1 aromatic heterocycles. The van der Waals surface area contributed by atoms with Gasteiger partial charge in [0, 0.05) is 18.6 Å². The number of likely N-dealkylation sites (tertiary alicyclic amines) is 1. The highest BCUT2D eigenvalue weighted by molar-refractivity contribution is 5.46. The van der Waals surface area contributed by atoms with Gasteiger partial charge in [0.15, 0.2) is 0 Å². The molecule has 1 fully saturated rings. The second-order valence-corrected chi connectivity index (χ2v) is 6.25. The topological polar surface area (TPSA) is 67.3 Å². The van der Waals surface area contributed by atoms with E-state index in [2.05, 4.69) is 23.8 Å². The third-order valence-corrected chi connectivity index (χ3v) is 4.62. The van der Waals surface area contributed by atoms with Gasteiger partial charge in [0.1, 0.15) is 0 Å². The number of hydrogen-bond acceptors (Lipinski definition) is 4. The van der Waals surface area contributed by atoms with Gasteiger partial charge in [-0.05, 0) is 40.5 Å². The number of aliphatic hydroxyl groups is 1. The first-order valence-electron chi connectivity index (χ1n) is 7.63. The predicted molar refractivity (Wildman–Crippen MR) is 81.6 cm³/mol. The van der Waals surface area contributed by atoms with Gasteiger partial charge in [0.2, 0.25) is 0 Å². The number of hydrogen-bond donors (Lipinski definition) is 2. The van der Waals surface area contributed by atoms with Crippen molar-refractivity contribution in [2.45, 2.75) is 71.7 Å². The molecule has 0 bridgehead atoms. The Balaban J connectivity index is 1.97. The SMILES string of the molecule is Cc1nn(CC(O)CN2[C@H](C)CCC[C@@H]2C)c(C)c1N. The molecule has 0 amide bonds. The summed E-state index contributed by atoms with van der Waals surface area (Å²) in [5.41, 5.74) is 8.45. The predicted octanol–water partition coefficient (Wildman–Crippen LogP) is 1.71. The Morgan fingerprint density at radius 3 is 2.35 bits per heavy atom. The van der Waals surface area contributed by atoms with Crippen LogP contribution in [0, 0.1) is 13.8 Å². The summed E-state index contributed by atoms with van der Waals surface area (Å²) >= 11 is 0. The lowest BCUT2D eigenvalue weighted by Crippen LogP contribution is -2.48. The number of nitrogens with zero attached hydrogens (tertiary/aromatic N) is 3. The summed E-state index contributed by atoms with van der Waals surface area (Å²) in [5.74, 6) is 0. The van der Waals surface area contributed by atoms with Crippen molar-refractivity contribution < 1.29 is 5.11 Å². The van der Waals surface area contributed by atoms with E-state index in [4.69, 9.17) is 5.73 Å². The second-order valence-electron chi connectivity index (χ2n) is 6.25. The summed E-state index contributed by atoms with van der Waals surface area (Å²) in [6.07, 6.45) is 3.34. The number of nitrogen functional groups attached to an aromatic ring is 1. The van der Waals surface area contributed by atoms with Crippen LogP contribution in [0.15, 0.2) is 0 Å². The van der Waals surface area contributed by atoms with Crippen molar-refractivity contribution in [1.82, 2.24) is 14.7 Å². The summed E-state index contributed by atoms with van der Waals surface area (Å²) in [7, 11) is 0. The number of rotatable bonds is 4. The van der Waals surface area contributed by atoms with E-state index in [1.807, 2.05) is 18.5 Å². The fourth-order valence-corrected chi connectivity index (χ4v) is 3.22. The van der Waals surface area contributed by atoms with Gasteiger partial charge in [0.25, 0.3) is 0 Å². The van der Waals surface area contributed by atoms with Gasteiger partial charge in [-0.15, -0.1) is 0 Å². The molecule has 20 heavy (non-hydrogen) atoms. The molecule has 0 aromatic carbocycles. The van der Waals surface area contributed by atoms with E-state index in [-0.39, 0.29) is 0 Å². The molecule has 0 spiro atoms. The standard InChI is InChI=1S/C15H28N4O/c1-10-6-5-7-11(2)18(10)8-14(20)9-19-13(4)15(16)12(3)17-19/h10-11,14,20H,5-9,16H2,1-4H3/t10-,11+,14?. The average molecular weight is 280 g/mol. The van der Waals surface area contributed by atoms with Gasteiger partial charge in [-0.25, -0.2) is 0 Å². The van der Waals surface area contributed by atoms with Crippen molar-refractivity contribution in [3.8, 4) is 0 Å². The van der Waals surface area contributed by atoms with Crippen molar-refractivity contribution in [3.05, 3.63) is 11.4 Å². The monoisotopic (exact) mass is 280 g/mol. The molecule has 1 unspecified atom stereocenters. The van der Waals surface area contributed by atoms with Gasteiger partial charge in [0.05, 0.1) is 29.7 Å². The normalized spacial score (nSPS) is 25.9. The Kier molecular flexibility index (Phi) is 4.70. The van der Waals surface area contributed by atoms with Crippen LogP contribution in [0.4, 0.5) is 5.69 Å². The number of piperidine rings is 1. The summed E-state index contributed by atoms with van der Waals surface area (Å²) in [6.45, 7) is 9.59. The van der Waals surface area contributed by atoms with Gasteiger partial charge in [-0.1, -0.05) is 6.42 Å². The molecule has 114 valence electrons. The lowest BCUT2D eigenvalue weighted by molar-refractivity contribution is 0.0330. The molecule has 1 aliphatic rings. The molecular weight excluding hydrogens is 252 g/mol. The maximum Gasteiger partial charge on any atom is 0.0863 e. The molecule has 3 atom stereocenters. The van der Waals surface area contributed by atoms with Crippen molar-refractivity contribution >= 4 is 5.69 Å². The number of aromatic nitrogens is 2. The zero-order valence-corrected chi connectivity index (χ0v) is 13.1. The maximum absolute atomic E-state index is 10.4.